The van der Waals surface area contributed by atoms with Gasteiger partial charge >= 0.3 is 0 Å². The van der Waals surface area contributed by atoms with Crippen molar-refractivity contribution < 1.29 is 26.4 Å². The van der Waals surface area contributed by atoms with Gasteiger partial charge < -0.3 is 9.64 Å². The molecule has 31 heavy (non-hydrogen) atoms. The molecular formula is C21H32N2O6S2. The van der Waals surface area contributed by atoms with Crippen LogP contribution in [0.4, 0.5) is 0 Å². The lowest BCUT2D eigenvalue weighted by molar-refractivity contribution is -0.128. The second-order valence-electron chi connectivity index (χ2n) is 8.46. The third-order valence-electron chi connectivity index (χ3n) is 4.78. The quantitative estimate of drug-likeness (QED) is 0.551. The van der Waals surface area contributed by atoms with Crippen molar-refractivity contribution in [3.8, 4) is 5.75 Å². The van der Waals surface area contributed by atoms with E-state index in [0.29, 0.717) is 18.5 Å². The molecule has 1 aromatic carbocycles. The van der Waals surface area contributed by atoms with E-state index in [9.17, 15) is 21.6 Å². The third kappa shape index (κ3) is 7.05. The van der Waals surface area contributed by atoms with E-state index in [1.54, 1.807) is 24.8 Å². The fourth-order valence-corrected chi connectivity index (χ4v) is 6.66. The Kier molecular flexibility index (Phi) is 8.29. The maximum absolute atomic E-state index is 12.9. The number of hydrogen-bond acceptors (Lipinski definition) is 6. The maximum Gasteiger partial charge on any atom is 0.246 e. The molecule has 1 aliphatic heterocycles. The van der Waals surface area contributed by atoms with E-state index in [1.165, 1.54) is 31.4 Å². The van der Waals surface area contributed by atoms with Crippen LogP contribution in [0.3, 0.4) is 0 Å². The van der Waals surface area contributed by atoms with Crippen molar-refractivity contribution in [2.75, 3.05) is 25.2 Å². The zero-order valence-electron chi connectivity index (χ0n) is 18.7. The lowest BCUT2D eigenvalue weighted by atomic mass is 10.1. The molecule has 1 saturated heterocycles. The lowest BCUT2D eigenvalue weighted by Gasteiger charge is -2.28. The number of nitrogens with one attached hydrogen (secondary N) is 1. The normalized spacial score (nSPS) is 18.7. The molecule has 1 fully saturated rings. The number of hydrogen-bond donors (Lipinski definition) is 1. The molecule has 1 aliphatic rings. The van der Waals surface area contributed by atoms with Crippen LogP contribution in [-0.2, 0) is 24.7 Å². The van der Waals surface area contributed by atoms with Gasteiger partial charge in [-0.15, -0.1) is 0 Å². The van der Waals surface area contributed by atoms with Gasteiger partial charge in [-0.1, -0.05) is 19.9 Å². The van der Waals surface area contributed by atoms with Crippen molar-refractivity contribution >= 4 is 31.8 Å². The number of sulfone groups is 1. The third-order valence-corrected chi connectivity index (χ3v) is 8.21. The number of benzene rings is 1. The second kappa shape index (κ2) is 10.1. The van der Waals surface area contributed by atoms with Gasteiger partial charge in [-0.25, -0.2) is 21.6 Å². The summed E-state index contributed by atoms with van der Waals surface area (Å²) >= 11 is 0. The highest BCUT2D eigenvalue weighted by atomic mass is 32.2. The average molecular weight is 473 g/mol. The molecule has 1 amide bonds. The van der Waals surface area contributed by atoms with Crippen LogP contribution in [0.1, 0.15) is 39.7 Å². The van der Waals surface area contributed by atoms with Crippen LogP contribution in [0.25, 0.3) is 6.08 Å². The van der Waals surface area contributed by atoms with Gasteiger partial charge in [-0.3, -0.25) is 4.79 Å². The van der Waals surface area contributed by atoms with Crippen molar-refractivity contribution in [2.24, 2.45) is 5.92 Å². The average Bonchev–Trinajstić information content (AvgIpc) is 3.02. The van der Waals surface area contributed by atoms with Crippen LogP contribution in [0.2, 0.25) is 0 Å². The predicted octanol–water partition coefficient (Wildman–Crippen LogP) is 2.07. The molecule has 2 rings (SSSR count). The summed E-state index contributed by atoms with van der Waals surface area (Å²) in [6.45, 7) is 7.83. The van der Waals surface area contributed by atoms with E-state index in [1.807, 2.05) is 13.8 Å². The van der Waals surface area contributed by atoms with Crippen molar-refractivity contribution in [3.05, 3.63) is 29.8 Å². The van der Waals surface area contributed by atoms with Crippen LogP contribution in [0.15, 0.2) is 29.2 Å². The summed E-state index contributed by atoms with van der Waals surface area (Å²) in [5.41, 5.74) is 0.516. The predicted molar refractivity (Wildman–Crippen MR) is 121 cm³/mol. The molecule has 0 spiro atoms. The molecule has 174 valence electrons. The Labute approximate surface area is 185 Å². The van der Waals surface area contributed by atoms with Crippen molar-refractivity contribution in [1.29, 1.82) is 0 Å². The number of sulfonamides is 1. The zero-order valence-corrected chi connectivity index (χ0v) is 20.3. The van der Waals surface area contributed by atoms with Gasteiger partial charge in [0.15, 0.2) is 9.84 Å². The first kappa shape index (κ1) is 25.4. The first-order valence-corrected chi connectivity index (χ1v) is 13.5. The van der Waals surface area contributed by atoms with Crippen LogP contribution >= 0.6 is 0 Å². The lowest BCUT2D eigenvalue weighted by Crippen LogP contribution is -2.42. The Morgan fingerprint density at radius 1 is 1.29 bits per heavy atom. The number of ether oxygens (including phenoxy) is 1. The maximum atomic E-state index is 12.9. The van der Waals surface area contributed by atoms with E-state index in [4.69, 9.17) is 4.74 Å². The highest BCUT2D eigenvalue weighted by molar-refractivity contribution is 7.91. The summed E-state index contributed by atoms with van der Waals surface area (Å²) < 4.78 is 56.7. The summed E-state index contributed by atoms with van der Waals surface area (Å²) in [5.74, 6) is 0.155. The number of methoxy groups -OCH3 is 1. The fraction of sp³-hybridized carbons (Fsp3) is 0.571. The van der Waals surface area contributed by atoms with Gasteiger partial charge in [0.05, 0.1) is 18.6 Å². The largest absolute Gasteiger partial charge is 0.495 e. The minimum Gasteiger partial charge on any atom is -0.495 e. The summed E-state index contributed by atoms with van der Waals surface area (Å²) in [6.07, 6.45) is 3.33. The molecule has 1 aromatic rings. The second-order valence-corrected chi connectivity index (χ2v) is 12.4. The van der Waals surface area contributed by atoms with E-state index >= 15 is 0 Å². The highest BCUT2D eigenvalue weighted by Gasteiger charge is 2.34. The molecule has 10 heteroatoms. The van der Waals surface area contributed by atoms with Gasteiger partial charge in [-0.2, -0.15) is 0 Å². The standard InChI is InChI=1S/C21H32N2O6S2/c1-15(2)13-23(18-10-11-30(25,26)14-18)21(24)9-7-17-6-8-19(29-5)20(12-17)31(27,28)22-16(3)4/h6-9,12,15-16,18,22H,10-11,13-14H2,1-5H3/b9-7+. The van der Waals surface area contributed by atoms with Crippen molar-refractivity contribution in [3.63, 3.8) is 0 Å². The van der Waals surface area contributed by atoms with Crippen LogP contribution in [0, 0.1) is 5.92 Å². The van der Waals surface area contributed by atoms with E-state index < -0.39 is 19.9 Å². The zero-order chi connectivity index (χ0) is 23.4. The monoisotopic (exact) mass is 472 g/mol. The molecule has 0 bridgehead atoms. The summed E-state index contributed by atoms with van der Waals surface area (Å²) in [6, 6.07) is 4.01. The van der Waals surface area contributed by atoms with Gasteiger partial charge in [0.1, 0.15) is 10.6 Å². The molecule has 0 radical (unpaired) electrons. The Bertz CT molecular complexity index is 1030. The van der Waals surface area contributed by atoms with Crippen LogP contribution in [0.5, 0.6) is 5.75 Å². The van der Waals surface area contributed by atoms with Gasteiger partial charge in [0, 0.05) is 24.7 Å². The van der Waals surface area contributed by atoms with E-state index in [2.05, 4.69) is 4.72 Å². The van der Waals surface area contributed by atoms with Gasteiger partial charge in [0.25, 0.3) is 0 Å². The summed E-state index contributed by atoms with van der Waals surface area (Å²) in [7, 11) is -5.52. The van der Waals surface area contributed by atoms with Gasteiger partial charge in [0.2, 0.25) is 15.9 Å². The SMILES string of the molecule is COc1ccc(/C=C/C(=O)N(CC(C)C)C2CCS(=O)(=O)C2)cc1S(=O)(=O)NC(C)C. The Hall–Kier alpha value is -1.91. The topological polar surface area (TPSA) is 110 Å². The molecule has 1 heterocycles. The first-order valence-electron chi connectivity index (χ1n) is 10.2. The first-order chi connectivity index (χ1) is 14.3. The number of carbonyl (C=O) groups is 1. The minimum absolute atomic E-state index is 0.0146. The number of rotatable bonds is 9. The molecule has 0 aliphatic carbocycles. The van der Waals surface area contributed by atoms with Crippen molar-refractivity contribution in [2.45, 2.75) is 51.1 Å². The van der Waals surface area contributed by atoms with Crippen molar-refractivity contribution in [1.82, 2.24) is 9.62 Å². The van der Waals surface area contributed by atoms with Gasteiger partial charge in [-0.05, 0) is 50.0 Å². The molecule has 1 unspecified atom stereocenters. The minimum atomic E-state index is -3.79. The van der Waals surface area contributed by atoms with E-state index in [0.717, 1.165) is 0 Å². The molecule has 1 N–H and O–H groups in total. The fourth-order valence-electron chi connectivity index (χ4n) is 3.48. The molecule has 1 atom stereocenters. The molecule has 0 saturated carbocycles. The molecule has 8 nitrogen and oxygen atoms in total. The summed E-state index contributed by atoms with van der Waals surface area (Å²) in [4.78, 5) is 14.5. The highest BCUT2D eigenvalue weighted by Crippen LogP contribution is 2.26. The smallest absolute Gasteiger partial charge is 0.246 e. The molecule has 0 aromatic heterocycles. The summed E-state index contributed by atoms with van der Waals surface area (Å²) in [5, 5.41) is 0. The Morgan fingerprint density at radius 3 is 2.48 bits per heavy atom. The number of carbonyl (C=O) groups excluding carboxylic acids is 1. The van der Waals surface area contributed by atoms with Crippen LogP contribution < -0.4 is 9.46 Å². The van der Waals surface area contributed by atoms with E-state index in [-0.39, 0.29) is 46.1 Å². The Balaban J connectivity index is 2.30. The Morgan fingerprint density at radius 2 is 1.97 bits per heavy atom. The number of nitrogens with zero attached hydrogens (tertiary/aromatic N) is 1. The molecular weight excluding hydrogens is 440 g/mol. The number of amides is 1. The van der Waals surface area contributed by atoms with Crippen LogP contribution in [-0.4, -0.2) is 64.9 Å².